The summed E-state index contributed by atoms with van der Waals surface area (Å²) in [4.78, 5) is 12.4. The molecule has 30 heavy (non-hydrogen) atoms. The maximum absolute atomic E-state index is 12.4. The quantitative estimate of drug-likeness (QED) is 0.613. The number of sulfonamides is 1. The van der Waals surface area contributed by atoms with E-state index in [2.05, 4.69) is 11.4 Å². The fourth-order valence-corrected chi connectivity index (χ4v) is 4.33. The summed E-state index contributed by atoms with van der Waals surface area (Å²) in [5.74, 6) is 0.595. The Balaban J connectivity index is 1.96. The van der Waals surface area contributed by atoms with E-state index < -0.39 is 10.0 Å². The lowest BCUT2D eigenvalue weighted by Gasteiger charge is -2.23. The summed E-state index contributed by atoms with van der Waals surface area (Å²) in [6, 6.07) is 13.0. The monoisotopic (exact) mass is 432 g/mol. The molecule has 2 rings (SSSR count). The zero-order chi connectivity index (χ0) is 22.3. The molecular weight excluding hydrogens is 400 g/mol. The molecule has 0 unspecified atom stereocenters. The van der Waals surface area contributed by atoms with Crippen molar-refractivity contribution in [3.05, 3.63) is 59.2 Å². The van der Waals surface area contributed by atoms with E-state index in [0.717, 1.165) is 16.7 Å². The number of anilines is 1. The van der Waals surface area contributed by atoms with Crippen LogP contribution in [0.5, 0.6) is 5.75 Å². The first-order valence-electron chi connectivity index (χ1n) is 10.2. The number of hydrogen-bond acceptors (Lipinski definition) is 4. The van der Waals surface area contributed by atoms with E-state index in [4.69, 9.17) is 4.74 Å². The fraction of sp³-hybridized carbons (Fsp3) is 0.435. The Bertz CT molecular complexity index is 956. The summed E-state index contributed by atoms with van der Waals surface area (Å²) in [6.45, 7) is 8.69. The van der Waals surface area contributed by atoms with Gasteiger partial charge in [-0.15, -0.1) is 0 Å². The number of nitrogens with one attached hydrogen (secondary N) is 1. The lowest BCUT2D eigenvalue weighted by Crippen LogP contribution is -2.32. The van der Waals surface area contributed by atoms with Gasteiger partial charge in [0.1, 0.15) is 5.75 Å². The van der Waals surface area contributed by atoms with Gasteiger partial charge in [-0.3, -0.25) is 9.10 Å². The highest BCUT2D eigenvalue weighted by Crippen LogP contribution is 2.23. The van der Waals surface area contributed by atoms with E-state index in [-0.39, 0.29) is 24.9 Å². The maximum atomic E-state index is 12.4. The molecule has 0 saturated heterocycles. The Morgan fingerprint density at radius 3 is 2.40 bits per heavy atom. The number of aryl methyl sites for hydroxylation is 2. The molecule has 164 valence electrons. The molecule has 1 N–H and O–H groups in total. The molecule has 2 aromatic rings. The number of ether oxygens (including phenoxy) is 1. The lowest BCUT2D eigenvalue weighted by molar-refractivity contribution is -0.121. The predicted molar refractivity (Wildman–Crippen MR) is 122 cm³/mol. The van der Waals surface area contributed by atoms with Crippen molar-refractivity contribution in [3.63, 3.8) is 0 Å². The number of hydrogen-bond donors (Lipinski definition) is 1. The Labute approximate surface area is 180 Å². The van der Waals surface area contributed by atoms with Crippen molar-refractivity contribution in [2.75, 3.05) is 23.7 Å². The Morgan fingerprint density at radius 1 is 1.13 bits per heavy atom. The third kappa shape index (κ3) is 6.76. The van der Waals surface area contributed by atoms with E-state index in [1.165, 1.54) is 10.6 Å². The highest BCUT2D eigenvalue weighted by atomic mass is 32.2. The summed E-state index contributed by atoms with van der Waals surface area (Å²) in [7, 11) is -3.46. The molecule has 0 radical (unpaired) electrons. The normalized spacial score (nSPS) is 12.3. The number of carbonyl (C=O) groups is 1. The Hall–Kier alpha value is -2.54. The molecule has 7 heteroatoms. The number of benzene rings is 2. The first-order valence-corrected chi connectivity index (χ1v) is 12.0. The summed E-state index contributed by atoms with van der Waals surface area (Å²) in [5.41, 5.74) is 3.93. The summed E-state index contributed by atoms with van der Waals surface area (Å²) < 4.78 is 31.2. The van der Waals surface area contributed by atoms with Crippen LogP contribution < -0.4 is 14.4 Å². The van der Waals surface area contributed by atoms with E-state index in [0.29, 0.717) is 24.5 Å². The molecule has 0 saturated carbocycles. The molecule has 0 aliphatic carbocycles. The summed E-state index contributed by atoms with van der Waals surface area (Å²) >= 11 is 0. The second kappa shape index (κ2) is 10.5. The van der Waals surface area contributed by atoms with Crippen LogP contribution in [0, 0.1) is 13.8 Å². The molecule has 0 aromatic heterocycles. The Morgan fingerprint density at radius 2 is 1.80 bits per heavy atom. The third-order valence-corrected chi connectivity index (χ3v) is 6.07. The average molecular weight is 433 g/mol. The number of rotatable bonds is 10. The van der Waals surface area contributed by atoms with Gasteiger partial charge in [-0.25, -0.2) is 8.42 Å². The van der Waals surface area contributed by atoms with Gasteiger partial charge in [-0.1, -0.05) is 23.8 Å². The molecule has 0 heterocycles. The number of nitrogens with zero attached hydrogens (tertiary/aromatic N) is 1. The minimum absolute atomic E-state index is 0.0939. The smallest absolute Gasteiger partial charge is 0.232 e. The van der Waals surface area contributed by atoms with Crippen LogP contribution in [0.15, 0.2) is 42.5 Å². The van der Waals surface area contributed by atoms with Gasteiger partial charge in [0.2, 0.25) is 15.9 Å². The first-order chi connectivity index (χ1) is 14.1. The van der Waals surface area contributed by atoms with Gasteiger partial charge in [0.15, 0.2) is 0 Å². The van der Waals surface area contributed by atoms with Crippen molar-refractivity contribution in [1.82, 2.24) is 5.32 Å². The van der Waals surface area contributed by atoms with Gasteiger partial charge in [0.25, 0.3) is 0 Å². The van der Waals surface area contributed by atoms with Gasteiger partial charge < -0.3 is 10.1 Å². The van der Waals surface area contributed by atoms with Crippen molar-refractivity contribution >= 4 is 21.6 Å². The fourth-order valence-electron chi connectivity index (χ4n) is 3.36. The van der Waals surface area contributed by atoms with Crippen LogP contribution in [0.4, 0.5) is 5.69 Å². The van der Waals surface area contributed by atoms with E-state index in [1.807, 2.05) is 39.8 Å². The predicted octanol–water partition coefficient (Wildman–Crippen LogP) is 4.13. The number of amides is 1. The summed E-state index contributed by atoms with van der Waals surface area (Å²) in [5, 5.41) is 3.01. The molecule has 6 nitrogen and oxygen atoms in total. The molecule has 1 amide bonds. The van der Waals surface area contributed by atoms with Crippen molar-refractivity contribution in [1.29, 1.82) is 0 Å². The third-order valence-electron chi connectivity index (χ3n) is 4.88. The first kappa shape index (κ1) is 23.7. The molecule has 0 aliphatic heterocycles. The largest absolute Gasteiger partial charge is 0.494 e. The van der Waals surface area contributed by atoms with Gasteiger partial charge in [-0.05, 0) is 69.5 Å². The van der Waals surface area contributed by atoms with Gasteiger partial charge in [0, 0.05) is 13.0 Å². The lowest BCUT2D eigenvalue weighted by atomic mass is 10.00. The summed E-state index contributed by atoms with van der Waals surface area (Å²) in [6.07, 6.45) is 1.84. The molecule has 0 spiro atoms. The topological polar surface area (TPSA) is 75.7 Å². The molecule has 2 aromatic carbocycles. The highest BCUT2D eigenvalue weighted by molar-refractivity contribution is 7.92. The molecule has 0 bridgehead atoms. The van der Waals surface area contributed by atoms with Crippen LogP contribution in [0.25, 0.3) is 0 Å². The van der Waals surface area contributed by atoms with Gasteiger partial charge in [-0.2, -0.15) is 0 Å². The van der Waals surface area contributed by atoms with Gasteiger partial charge in [0.05, 0.1) is 24.6 Å². The minimum atomic E-state index is -3.46. The van der Waals surface area contributed by atoms with E-state index >= 15 is 0 Å². The van der Waals surface area contributed by atoms with Crippen LogP contribution >= 0.6 is 0 Å². The zero-order valence-corrected chi connectivity index (χ0v) is 19.3. The van der Waals surface area contributed by atoms with E-state index in [1.54, 1.807) is 24.3 Å². The molecular formula is C23H32N2O4S. The standard InChI is InChI=1S/C23H32N2O4S/c1-6-29-21-13-11-20(12-14-21)25(30(5,27)28)15-7-8-23(26)24-19(4)22-16-17(2)9-10-18(22)3/h9-14,16,19H,6-8,15H2,1-5H3,(H,24,26)/t19-/m1/s1. The second-order valence-corrected chi connectivity index (χ2v) is 9.42. The Kier molecular flexibility index (Phi) is 8.29. The van der Waals surface area contributed by atoms with Crippen LogP contribution in [-0.2, 0) is 14.8 Å². The minimum Gasteiger partial charge on any atom is -0.494 e. The molecule has 1 atom stereocenters. The van der Waals surface area contributed by atoms with Gasteiger partial charge >= 0.3 is 0 Å². The van der Waals surface area contributed by atoms with Crippen molar-refractivity contribution in [2.24, 2.45) is 0 Å². The van der Waals surface area contributed by atoms with Crippen molar-refractivity contribution < 1.29 is 17.9 Å². The van der Waals surface area contributed by atoms with Crippen molar-refractivity contribution in [2.45, 2.75) is 46.6 Å². The van der Waals surface area contributed by atoms with Crippen LogP contribution in [0.1, 0.15) is 49.4 Å². The van der Waals surface area contributed by atoms with Crippen LogP contribution in [-0.4, -0.2) is 33.7 Å². The molecule has 0 aliphatic rings. The average Bonchev–Trinajstić information content (AvgIpc) is 2.67. The van der Waals surface area contributed by atoms with E-state index in [9.17, 15) is 13.2 Å². The van der Waals surface area contributed by atoms with Crippen LogP contribution in [0.3, 0.4) is 0 Å². The molecule has 0 fully saturated rings. The van der Waals surface area contributed by atoms with Crippen molar-refractivity contribution in [3.8, 4) is 5.75 Å². The van der Waals surface area contributed by atoms with Crippen LogP contribution in [0.2, 0.25) is 0 Å². The second-order valence-electron chi connectivity index (χ2n) is 7.51. The number of carbonyl (C=O) groups excluding carboxylic acids is 1. The zero-order valence-electron chi connectivity index (χ0n) is 18.4. The SMILES string of the molecule is CCOc1ccc(N(CCCC(=O)N[C@H](C)c2cc(C)ccc2C)S(C)(=O)=O)cc1. The maximum Gasteiger partial charge on any atom is 0.232 e. The highest BCUT2D eigenvalue weighted by Gasteiger charge is 2.18.